The van der Waals surface area contributed by atoms with Crippen molar-refractivity contribution >= 4 is 11.3 Å². The summed E-state index contributed by atoms with van der Waals surface area (Å²) in [6.07, 6.45) is 4.40. The molecule has 3 nitrogen and oxygen atoms in total. The van der Waals surface area contributed by atoms with Crippen LogP contribution in [0.15, 0.2) is 6.20 Å². The number of aryl methyl sites for hydroxylation is 1. The Balaban J connectivity index is 1.99. The largest absolute Gasteiger partial charge is 0.310 e. The van der Waals surface area contributed by atoms with Gasteiger partial charge in [-0.25, -0.2) is 4.98 Å². The summed E-state index contributed by atoms with van der Waals surface area (Å²) in [4.78, 5) is 8.33. The van der Waals surface area contributed by atoms with Gasteiger partial charge in [0.2, 0.25) is 0 Å². The van der Waals surface area contributed by atoms with Crippen molar-refractivity contribution < 1.29 is 0 Å². The topological polar surface area (TPSA) is 28.2 Å². The van der Waals surface area contributed by atoms with E-state index in [9.17, 15) is 0 Å². The van der Waals surface area contributed by atoms with Gasteiger partial charge in [0.15, 0.2) is 0 Å². The van der Waals surface area contributed by atoms with Crippen LogP contribution in [0.3, 0.4) is 0 Å². The maximum Gasteiger partial charge on any atom is 0.107 e. The molecule has 4 heteroatoms. The second-order valence-electron chi connectivity index (χ2n) is 5.27. The fourth-order valence-corrected chi connectivity index (χ4v) is 3.19. The third kappa shape index (κ3) is 3.50. The van der Waals surface area contributed by atoms with Crippen LogP contribution in [0.25, 0.3) is 0 Å². The highest BCUT2D eigenvalue weighted by Gasteiger charge is 2.27. The maximum atomic E-state index is 4.47. The van der Waals surface area contributed by atoms with Gasteiger partial charge in [0.05, 0.1) is 6.54 Å². The summed E-state index contributed by atoms with van der Waals surface area (Å²) in [5.41, 5.74) is 0.267. The van der Waals surface area contributed by atoms with E-state index >= 15 is 0 Å². The van der Waals surface area contributed by atoms with Crippen molar-refractivity contribution in [1.29, 1.82) is 0 Å². The molecule has 1 aromatic rings. The van der Waals surface area contributed by atoms with E-state index in [2.05, 4.69) is 36.0 Å². The van der Waals surface area contributed by atoms with Gasteiger partial charge >= 0.3 is 0 Å². The van der Waals surface area contributed by atoms with Crippen LogP contribution < -0.4 is 5.32 Å². The van der Waals surface area contributed by atoms with Crippen LogP contribution in [0.4, 0.5) is 0 Å². The van der Waals surface area contributed by atoms with E-state index in [1.54, 1.807) is 0 Å². The minimum atomic E-state index is 0.267. The van der Waals surface area contributed by atoms with Gasteiger partial charge in [-0.1, -0.05) is 6.92 Å². The molecule has 0 amide bonds. The lowest BCUT2D eigenvalue weighted by molar-refractivity contribution is 0.208. The van der Waals surface area contributed by atoms with Crippen LogP contribution in [-0.4, -0.2) is 35.1 Å². The molecule has 0 saturated carbocycles. The first-order chi connectivity index (χ1) is 8.11. The summed E-state index contributed by atoms with van der Waals surface area (Å²) in [6.45, 7) is 11.2. The van der Waals surface area contributed by atoms with Crippen molar-refractivity contribution in [2.24, 2.45) is 0 Å². The SMILES string of the molecule is CCC1(C)CN(Cc2ncc(C)s2)CCCN1. The van der Waals surface area contributed by atoms with Crippen molar-refractivity contribution in [3.05, 3.63) is 16.1 Å². The zero-order valence-electron chi connectivity index (χ0n) is 11.1. The Morgan fingerprint density at radius 2 is 2.41 bits per heavy atom. The van der Waals surface area contributed by atoms with Crippen LogP contribution in [0, 0.1) is 6.92 Å². The first-order valence-electron chi connectivity index (χ1n) is 6.50. The molecule has 1 aromatic heterocycles. The Morgan fingerprint density at radius 1 is 1.59 bits per heavy atom. The molecule has 1 aliphatic rings. The quantitative estimate of drug-likeness (QED) is 0.896. The molecule has 1 saturated heterocycles. The minimum absolute atomic E-state index is 0.267. The molecular weight excluding hydrogens is 230 g/mol. The molecule has 1 unspecified atom stereocenters. The smallest absolute Gasteiger partial charge is 0.107 e. The van der Waals surface area contributed by atoms with Crippen LogP contribution in [0.1, 0.15) is 36.6 Å². The van der Waals surface area contributed by atoms with Crippen molar-refractivity contribution in [1.82, 2.24) is 15.2 Å². The zero-order chi connectivity index (χ0) is 12.3. The molecule has 1 aliphatic heterocycles. The van der Waals surface area contributed by atoms with Crippen LogP contribution in [0.5, 0.6) is 0 Å². The van der Waals surface area contributed by atoms with Crippen LogP contribution >= 0.6 is 11.3 Å². The fourth-order valence-electron chi connectivity index (χ4n) is 2.36. The molecule has 17 heavy (non-hydrogen) atoms. The molecule has 0 radical (unpaired) electrons. The van der Waals surface area contributed by atoms with Gasteiger partial charge in [-0.3, -0.25) is 4.90 Å². The number of rotatable bonds is 3. The highest BCUT2D eigenvalue weighted by molar-refractivity contribution is 7.11. The molecule has 1 atom stereocenters. The third-order valence-corrected chi connectivity index (χ3v) is 4.48. The van der Waals surface area contributed by atoms with E-state index in [-0.39, 0.29) is 5.54 Å². The van der Waals surface area contributed by atoms with Crippen molar-refractivity contribution in [3.63, 3.8) is 0 Å². The minimum Gasteiger partial charge on any atom is -0.310 e. The summed E-state index contributed by atoms with van der Waals surface area (Å²) < 4.78 is 0. The summed E-state index contributed by atoms with van der Waals surface area (Å²) in [6, 6.07) is 0. The third-order valence-electron chi connectivity index (χ3n) is 3.58. The standard InChI is InChI=1S/C13H23N3S/c1-4-13(3)10-16(7-5-6-15-13)9-12-14-8-11(2)17-12/h8,15H,4-7,9-10H2,1-3H3. The number of thiazole rings is 1. The summed E-state index contributed by atoms with van der Waals surface area (Å²) >= 11 is 1.82. The lowest BCUT2D eigenvalue weighted by Crippen LogP contribution is -2.48. The summed E-state index contributed by atoms with van der Waals surface area (Å²) in [5, 5.41) is 4.92. The van der Waals surface area contributed by atoms with Crippen molar-refractivity contribution in [2.75, 3.05) is 19.6 Å². The van der Waals surface area contributed by atoms with E-state index in [4.69, 9.17) is 0 Å². The molecule has 2 heterocycles. The first-order valence-corrected chi connectivity index (χ1v) is 7.32. The van der Waals surface area contributed by atoms with E-state index < -0.39 is 0 Å². The number of nitrogens with one attached hydrogen (secondary N) is 1. The predicted molar refractivity (Wildman–Crippen MR) is 73.4 cm³/mol. The van der Waals surface area contributed by atoms with Gasteiger partial charge in [0.1, 0.15) is 5.01 Å². The highest BCUT2D eigenvalue weighted by atomic mass is 32.1. The monoisotopic (exact) mass is 253 g/mol. The molecule has 0 spiro atoms. The average Bonchev–Trinajstić information content (AvgIpc) is 2.59. The Bertz CT molecular complexity index is 363. The predicted octanol–water partition coefficient (Wildman–Crippen LogP) is 2.42. The average molecular weight is 253 g/mol. The summed E-state index contributed by atoms with van der Waals surface area (Å²) in [5.74, 6) is 0. The molecule has 96 valence electrons. The van der Waals surface area contributed by atoms with Gasteiger partial charge in [0.25, 0.3) is 0 Å². The lowest BCUT2D eigenvalue weighted by Gasteiger charge is -2.32. The maximum absolute atomic E-state index is 4.47. The van der Waals surface area contributed by atoms with Gasteiger partial charge in [0, 0.05) is 23.2 Å². The van der Waals surface area contributed by atoms with Gasteiger partial charge in [-0.15, -0.1) is 11.3 Å². The van der Waals surface area contributed by atoms with Gasteiger partial charge in [-0.05, 0) is 39.8 Å². The number of hydrogen-bond donors (Lipinski definition) is 1. The lowest BCUT2D eigenvalue weighted by atomic mass is 9.99. The molecule has 0 aromatic carbocycles. The van der Waals surface area contributed by atoms with E-state index in [1.165, 1.54) is 29.3 Å². The number of nitrogens with zero attached hydrogens (tertiary/aromatic N) is 2. The molecule has 1 fully saturated rings. The molecule has 0 aliphatic carbocycles. The Kier molecular flexibility index (Phi) is 4.17. The second-order valence-corrected chi connectivity index (χ2v) is 6.59. The second kappa shape index (κ2) is 5.46. The van der Waals surface area contributed by atoms with E-state index in [0.29, 0.717) is 0 Å². The van der Waals surface area contributed by atoms with Gasteiger partial charge in [-0.2, -0.15) is 0 Å². The molecule has 0 bridgehead atoms. The van der Waals surface area contributed by atoms with Crippen LogP contribution in [-0.2, 0) is 6.54 Å². The Morgan fingerprint density at radius 3 is 3.06 bits per heavy atom. The number of aromatic nitrogens is 1. The van der Waals surface area contributed by atoms with E-state index in [1.807, 2.05) is 17.5 Å². The first kappa shape index (κ1) is 13.0. The Hall–Kier alpha value is -0.450. The molecule has 2 rings (SSSR count). The Labute approximate surface area is 108 Å². The van der Waals surface area contributed by atoms with Crippen LogP contribution in [0.2, 0.25) is 0 Å². The molecular formula is C13H23N3S. The van der Waals surface area contributed by atoms with Crippen molar-refractivity contribution in [2.45, 2.75) is 45.7 Å². The van der Waals surface area contributed by atoms with Gasteiger partial charge < -0.3 is 5.32 Å². The summed E-state index contributed by atoms with van der Waals surface area (Å²) in [7, 11) is 0. The zero-order valence-corrected chi connectivity index (χ0v) is 11.9. The fraction of sp³-hybridized carbons (Fsp3) is 0.769. The van der Waals surface area contributed by atoms with Crippen molar-refractivity contribution in [3.8, 4) is 0 Å². The normalized spacial score (nSPS) is 27.0. The number of hydrogen-bond acceptors (Lipinski definition) is 4. The van der Waals surface area contributed by atoms with E-state index in [0.717, 1.165) is 19.6 Å². The molecule has 1 N–H and O–H groups in total. The highest BCUT2D eigenvalue weighted by Crippen LogP contribution is 2.19.